The van der Waals surface area contributed by atoms with E-state index in [0.29, 0.717) is 36.4 Å². The zero-order valence-corrected chi connectivity index (χ0v) is 20.7. The summed E-state index contributed by atoms with van der Waals surface area (Å²) >= 11 is 0. The predicted octanol–water partition coefficient (Wildman–Crippen LogP) is 3.77. The molecule has 0 radical (unpaired) electrons. The van der Waals surface area contributed by atoms with Crippen LogP contribution in [0, 0.1) is 13.8 Å². The van der Waals surface area contributed by atoms with Crippen LogP contribution in [0.1, 0.15) is 39.3 Å². The fourth-order valence-electron chi connectivity index (χ4n) is 5.20. The Morgan fingerprint density at radius 2 is 1.86 bits per heavy atom. The summed E-state index contributed by atoms with van der Waals surface area (Å²) in [7, 11) is 1.64. The predicted molar refractivity (Wildman–Crippen MR) is 133 cm³/mol. The number of fused-ring (bicyclic) bond motifs is 2. The van der Waals surface area contributed by atoms with E-state index in [0.717, 1.165) is 34.0 Å². The van der Waals surface area contributed by atoms with Gasteiger partial charge in [0.15, 0.2) is 11.3 Å². The third-order valence-corrected chi connectivity index (χ3v) is 7.22. The molecule has 3 amide bonds. The summed E-state index contributed by atoms with van der Waals surface area (Å²) in [5.74, 6) is 0.710. The fourth-order valence-corrected chi connectivity index (χ4v) is 5.20. The van der Waals surface area contributed by atoms with Crippen LogP contribution in [0.2, 0.25) is 0 Å². The van der Waals surface area contributed by atoms with Gasteiger partial charge >= 0.3 is 6.03 Å². The van der Waals surface area contributed by atoms with Crippen LogP contribution in [0.15, 0.2) is 54.6 Å². The van der Waals surface area contributed by atoms with Crippen LogP contribution in [-0.2, 0) is 23.3 Å². The van der Waals surface area contributed by atoms with Crippen LogP contribution >= 0.6 is 0 Å². The lowest BCUT2D eigenvalue weighted by atomic mass is 9.84. The van der Waals surface area contributed by atoms with Gasteiger partial charge in [-0.15, -0.1) is 0 Å². The Morgan fingerprint density at radius 3 is 2.61 bits per heavy atom. The number of nitrogens with zero attached hydrogens (tertiary/aromatic N) is 2. The lowest BCUT2D eigenvalue weighted by Crippen LogP contribution is -2.47. The number of urea groups is 1. The second-order valence-corrected chi connectivity index (χ2v) is 9.28. The molecule has 2 aliphatic rings. The molecular weight excluding hydrogens is 458 g/mol. The van der Waals surface area contributed by atoms with E-state index in [1.54, 1.807) is 19.2 Å². The van der Waals surface area contributed by atoms with Gasteiger partial charge in [-0.05, 0) is 50.1 Å². The highest BCUT2D eigenvalue weighted by Crippen LogP contribution is 2.41. The van der Waals surface area contributed by atoms with Crippen molar-refractivity contribution in [2.45, 2.75) is 38.8 Å². The molecule has 1 N–H and O–H groups in total. The molecule has 1 saturated heterocycles. The number of ether oxygens (including phenoxy) is 2. The molecule has 186 valence electrons. The van der Waals surface area contributed by atoms with Crippen molar-refractivity contribution in [3.63, 3.8) is 0 Å². The Kier molecular flexibility index (Phi) is 6.04. The van der Waals surface area contributed by atoms with E-state index in [2.05, 4.69) is 9.88 Å². The van der Waals surface area contributed by atoms with E-state index >= 15 is 0 Å². The van der Waals surface area contributed by atoms with E-state index in [4.69, 9.17) is 9.47 Å². The maximum absolute atomic E-state index is 13.5. The fraction of sp³-hybridized carbons (Fsp3) is 0.321. The maximum Gasteiger partial charge on any atom is 0.325 e. The Morgan fingerprint density at radius 1 is 1.11 bits per heavy atom. The number of hydrogen-bond donors (Lipinski definition) is 1. The first kappa shape index (κ1) is 23.7. The van der Waals surface area contributed by atoms with Gasteiger partial charge < -0.3 is 19.4 Å². The van der Waals surface area contributed by atoms with Crippen LogP contribution in [0.3, 0.4) is 0 Å². The van der Waals surface area contributed by atoms with Crippen LogP contribution in [-0.4, -0.2) is 47.4 Å². The van der Waals surface area contributed by atoms with Crippen LogP contribution in [0.25, 0.3) is 0 Å². The van der Waals surface area contributed by atoms with Gasteiger partial charge in [0.05, 0.1) is 20.3 Å². The summed E-state index contributed by atoms with van der Waals surface area (Å²) in [5.41, 5.74) is 2.90. The van der Waals surface area contributed by atoms with Gasteiger partial charge in [0.25, 0.3) is 5.91 Å². The number of para-hydroxylation sites is 1. The normalized spacial score (nSPS) is 18.7. The Balaban J connectivity index is 1.32. The molecule has 1 spiro atoms. The molecule has 0 unspecified atom stereocenters. The summed E-state index contributed by atoms with van der Waals surface area (Å²) < 4.78 is 13.0. The maximum atomic E-state index is 13.5. The number of aryl methyl sites for hydroxylation is 2. The zero-order valence-electron chi connectivity index (χ0n) is 20.7. The summed E-state index contributed by atoms with van der Waals surface area (Å²) in [6.07, 6.45) is 1.12. The average Bonchev–Trinajstić information content (AvgIpc) is 3.30. The second kappa shape index (κ2) is 9.18. The van der Waals surface area contributed by atoms with Crippen molar-refractivity contribution >= 4 is 17.7 Å². The van der Waals surface area contributed by atoms with Crippen molar-refractivity contribution < 1.29 is 23.9 Å². The summed E-state index contributed by atoms with van der Waals surface area (Å²) in [6, 6.07) is 16.4. The van der Waals surface area contributed by atoms with E-state index in [9.17, 15) is 14.4 Å². The first-order chi connectivity index (χ1) is 17.3. The molecule has 0 saturated carbocycles. The van der Waals surface area contributed by atoms with E-state index in [-0.39, 0.29) is 12.3 Å². The molecule has 3 aromatic rings. The van der Waals surface area contributed by atoms with Crippen LogP contribution < -0.4 is 14.8 Å². The molecule has 8 heteroatoms. The smallest absolute Gasteiger partial charge is 0.325 e. The van der Waals surface area contributed by atoms with Crippen LogP contribution in [0.5, 0.6) is 11.5 Å². The van der Waals surface area contributed by atoms with Crippen molar-refractivity contribution in [1.82, 2.24) is 14.8 Å². The Hall–Kier alpha value is -4.07. The van der Waals surface area contributed by atoms with E-state index in [1.807, 2.05) is 56.3 Å². The molecule has 3 heterocycles. The number of rotatable bonds is 7. The Labute approximate surface area is 209 Å². The summed E-state index contributed by atoms with van der Waals surface area (Å²) in [5, 5.41) is 2.85. The van der Waals surface area contributed by atoms with Gasteiger partial charge in [-0.1, -0.05) is 30.3 Å². The molecule has 2 aliphatic heterocycles. The first-order valence-corrected chi connectivity index (χ1v) is 12.0. The second-order valence-electron chi connectivity index (χ2n) is 9.28. The van der Waals surface area contributed by atoms with Gasteiger partial charge in [-0.25, -0.2) is 4.79 Å². The minimum Gasteiger partial charge on any atom is -0.497 e. The quantitative estimate of drug-likeness (QED) is 0.405. The van der Waals surface area contributed by atoms with E-state index in [1.165, 1.54) is 0 Å². The van der Waals surface area contributed by atoms with Gasteiger partial charge in [0.2, 0.25) is 0 Å². The first-order valence-electron chi connectivity index (χ1n) is 12.0. The topological polar surface area (TPSA) is 89.9 Å². The molecule has 1 aromatic heterocycles. The zero-order chi connectivity index (χ0) is 25.4. The number of carbonyl (C=O) groups excluding carboxylic acids is 3. The molecule has 0 aliphatic carbocycles. The highest BCUT2D eigenvalue weighted by molar-refractivity contribution is 6.12. The number of carbonyl (C=O) groups is 3. The lowest BCUT2D eigenvalue weighted by molar-refractivity contribution is -0.132. The third-order valence-electron chi connectivity index (χ3n) is 7.22. The minimum atomic E-state index is -1.19. The summed E-state index contributed by atoms with van der Waals surface area (Å²) in [4.78, 5) is 40.7. The van der Waals surface area contributed by atoms with Gasteiger partial charge in [0, 0.05) is 35.5 Å². The SMILES string of the molecule is COc1ccc(CCn2c(C)cc(C(=O)CN3C(=O)N[C@@]4(CCOc5ccccc54)C3=O)c2C)cc1. The van der Waals surface area contributed by atoms with Crippen LogP contribution in [0.4, 0.5) is 4.79 Å². The average molecular weight is 488 g/mol. The standard InChI is InChI=1S/C28H29N3O5/c1-18-16-22(19(2)30(18)14-12-20-8-10-21(35-3)11-9-20)24(32)17-31-26(33)28(29-27(31)34)13-15-36-25-7-5-4-6-23(25)28/h4-11,16H,12-15,17H2,1-3H3,(H,29,34)/t28-/m1/s1. The van der Waals surface area contributed by atoms with E-state index < -0.39 is 17.5 Å². The van der Waals surface area contributed by atoms with Crippen molar-refractivity contribution in [3.05, 3.63) is 82.7 Å². The minimum absolute atomic E-state index is 0.264. The largest absolute Gasteiger partial charge is 0.497 e. The van der Waals surface area contributed by atoms with Gasteiger partial charge in [0.1, 0.15) is 11.5 Å². The third kappa shape index (κ3) is 3.92. The highest BCUT2D eigenvalue weighted by atomic mass is 16.5. The molecule has 1 atom stereocenters. The number of ketones is 1. The van der Waals surface area contributed by atoms with Crippen molar-refractivity contribution in [3.8, 4) is 11.5 Å². The highest BCUT2D eigenvalue weighted by Gasteiger charge is 2.55. The number of aromatic nitrogens is 1. The number of amides is 3. The molecule has 36 heavy (non-hydrogen) atoms. The molecule has 2 aromatic carbocycles. The number of benzene rings is 2. The number of hydrogen-bond acceptors (Lipinski definition) is 5. The number of nitrogens with one attached hydrogen (secondary N) is 1. The number of imide groups is 1. The van der Waals surface area contributed by atoms with Crippen molar-refractivity contribution in [1.29, 1.82) is 0 Å². The lowest BCUT2D eigenvalue weighted by Gasteiger charge is -2.33. The Bertz CT molecular complexity index is 1340. The molecule has 5 rings (SSSR count). The van der Waals surface area contributed by atoms with Gasteiger partial charge in [-0.2, -0.15) is 0 Å². The molecular formula is C28H29N3O5. The van der Waals surface area contributed by atoms with Crippen molar-refractivity contribution in [2.75, 3.05) is 20.3 Å². The molecule has 8 nitrogen and oxygen atoms in total. The monoisotopic (exact) mass is 487 g/mol. The number of Topliss-reactive ketones (excluding diaryl/α,β-unsaturated/α-hetero) is 1. The molecule has 0 bridgehead atoms. The van der Waals surface area contributed by atoms with Crippen molar-refractivity contribution in [2.24, 2.45) is 0 Å². The summed E-state index contributed by atoms with van der Waals surface area (Å²) in [6.45, 7) is 4.56. The van der Waals surface area contributed by atoms with Gasteiger partial charge in [-0.3, -0.25) is 14.5 Å². The number of methoxy groups -OCH3 is 1. The molecule has 1 fully saturated rings.